The summed E-state index contributed by atoms with van der Waals surface area (Å²) in [5.74, 6) is 1.07. The number of aromatic nitrogens is 1. The van der Waals surface area contributed by atoms with E-state index in [0.29, 0.717) is 37.7 Å². The fourth-order valence-electron chi connectivity index (χ4n) is 6.50. The lowest BCUT2D eigenvalue weighted by molar-refractivity contribution is -0.134. The molecule has 2 atom stereocenters. The molecular weight excluding hydrogens is 512 g/mol. The van der Waals surface area contributed by atoms with Crippen LogP contribution in [0.4, 0.5) is 0 Å². The van der Waals surface area contributed by atoms with Crippen molar-refractivity contribution in [1.82, 2.24) is 19.7 Å². The molecular formula is C34H46N4O3. The van der Waals surface area contributed by atoms with Crippen molar-refractivity contribution in [3.05, 3.63) is 53.6 Å². The van der Waals surface area contributed by atoms with E-state index in [-0.39, 0.29) is 11.8 Å². The smallest absolute Gasteiger partial charge is 0.251 e. The second kappa shape index (κ2) is 13.1. The fraction of sp³-hybridized carbons (Fsp3) is 0.529. The summed E-state index contributed by atoms with van der Waals surface area (Å²) in [6, 6.07) is 13.8. The van der Waals surface area contributed by atoms with Crippen LogP contribution in [0.5, 0.6) is 5.75 Å². The Bertz CT molecular complexity index is 1370. The summed E-state index contributed by atoms with van der Waals surface area (Å²) >= 11 is 0. The number of nitrogens with zero attached hydrogens (tertiary/aromatic N) is 3. The average molecular weight is 559 g/mol. The number of benzene rings is 2. The van der Waals surface area contributed by atoms with Crippen molar-refractivity contribution in [2.24, 2.45) is 0 Å². The molecule has 0 aliphatic carbocycles. The van der Waals surface area contributed by atoms with E-state index in [1.807, 2.05) is 23.1 Å². The van der Waals surface area contributed by atoms with Crippen molar-refractivity contribution in [2.45, 2.75) is 78.3 Å². The molecule has 2 aliphatic heterocycles. The van der Waals surface area contributed by atoms with E-state index in [9.17, 15) is 9.59 Å². The third-order valence-corrected chi connectivity index (χ3v) is 8.91. The van der Waals surface area contributed by atoms with Crippen LogP contribution in [0.3, 0.4) is 0 Å². The van der Waals surface area contributed by atoms with Crippen molar-refractivity contribution in [3.63, 3.8) is 0 Å². The first-order valence-electron chi connectivity index (χ1n) is 15.6. The minimum absolute atomic E-state index is 0.0142. The summed E-state index contributed by atoms with van der Waals surface area (Å²) in [7, 11) is 0. The Morgan fingerprint density at radius 1 is 0.951 bits per heavy atom. The molecule has 220 valence electrons. The summed E-state index contributed by atoms with van der Waals surface area (Å²) in [6.07, 6.45) is 6.09. The molecule has 41 heavy (non-hydrogen) atoms. The summed E-state index contributed by atoms with van der Waals surface area (Å²) < 4.78 is 8.51. The van der Waals surface area contributed by atoms with E-state index in [0.717, 1.165) is 42.9 Å². The Morgan fingerprint density at radius 3 is 2.49 bits per heavy atom. The van der Waals surface area contributed by atoms with E-state index in [1.165, 1.54) is 42.3 Å². The van der Waals surface area contributed by atoms with Gasteiger partial charge in [0, 0.05) is 48.2 Å². The highest BCUT2D eigenvalue weighted by atomic mass is 16.5. The van der Waals surface area contributed by atoms with Crippen molar-refractivity contribution in [1.29, 1.82) is 0 Å². The highest BCUT2D eigenvalue weighted by molar-refractivity contribution is 6.02. The number of carbonyl (C=O) groups is 2. The van der Waals surface area contributed by atoms with Gasteiger partial charge >= 0.3 is 0 Å². The zero-order valence-corrected chi connectivity index (χ0v) is 25.2. The molecule has 3 heterocycles. The van der Waals surface area contributed by atoms with Gasteiger partial charge in [-0.25, -0.2) is 0 Å². The minimum atomic E-state index is -0.574. The number of likely N-dealkylation sites (N-methyl/N-ethyl adjacent to an activating group) is 1. The van der Waals surface area contributed by atoms with Gasteiger partial charge in [0.1, 0.15) is 18.4 Å². The van der Waals surface area contributed by atoms with Crippen LogP contribution in [0.2, 0.25) is 0 Å². The number of hydrogen-bond donors (Lipinski definition) is 1. The van der Waals surface area contributed by atoms with Crippen LogP contribution < -0.4 is 10.1 Å². The molecule has 5 rings (SSSR count). The molecule has 1 fully saturated rings. The number of carbonyl (C=O) groups excluding carboxylic acids is 2. The average Bonchev–Trinajstić information content (AvgIpc) is 3.20. The van der Waals surface area contributed by atoms with Crippen LogP contribution in [-0.2, 0) is 11.3 Å². The Morgan fingerprint density at radius 2 is 1.73 bits per heavy atom. The molecule has 2 unspecified atom stereocenters. The summed E-state index contributed by atoms with van der Waals surface area (Å²) in [6.45, 7) is 14.0. The largest absolute Gasteiger partial charge is 0.491 e. The van der Waals surface area contributed by atoms with Crippen LogP contribution in [0.1, 0.15) is 81.6 Å². The third-order valence-electron chi connectivity index (χ3n) is 8.91. The van der Waals surface area contributed by atoms with E-state index in [2.05, 4.69) is 59.8 Å². The fourth-order valence-corrected chi connectivity index (χ4v) is 6.50. The van der Waals surface area contributed by atoms with E-state index in [1.54, 1.807) is 6.92 Å². The molecule has 7 nitrogen and oxygen atoms in total. The van der Waals surface area contributed by atoms with E-state index >= 15 is 0 Å². The standard InChI is InChI=1S/C34H46N4O3/c1-5-7-8-9-12-24(3)31-27-16-15-26(33(39)35-25(4)34(40)37-19-17-36(6-2)18-20-37)23-29(27)38-21-22-41-30-14-11-10-13-28(30)32(31)38/h10-11,13-16,23-25H,5-9,12,17-22H2,1-4H3,(H,35,39). The number of piperazine rings is 1. The number of nitrogens with one attached hydrogen (secondary N) is 1. The summed E-state index contributed by atoms with van der Waals surface area (Å²) in [4.78, 5) is 30.8. The van der Waals surface area contributed by atoms with E-state index < -0.39 is 6.04 Å². The van der Waals surface area contributed by atoms with Crippen molar-refractivity contribution >= 4 is 22.7 Å². The Balaban J connectivity index is 1.44. The first-order valence-corrected chi connectivity index (χ1v) is 15.6. The van der Waals surface area contributed by atoms with Gasteiger partial charge in [0.15, 0.2) is 0 Å². The van der Waals surface area contributed by atoms with Gasteiger partial charge in [-0.1, -0.05) is 64.7 Å². The van der Waals surface area contributed by atoms with Crippen LogP contribution in [0, 0.1) is 0 Å². The lowest BCUT2D eigenvalue weighted by atomic mass is 9.90. The number of para-hydroxylation sites is 1. The lowest BCUT2D eigenvalue weighted by Crippen LogP contribution is -2.54. The first-order chi connectivity index (χ1) is 19.9. The number of rotatable bonds is 10. The predicted octanol–water partition coefficient (Wildman–Crippen LogP) is 6.06. The maximum absolute atomic E-state index is 13.4. The zero-order chi connectivity index (χ0) is 28.9. The monoisotopic (exact) mass is 558 g/mol. The molecule has 0 saturated carbocycles. The number of fused-ring (bicyclic) bond motifs is 5. The number of hydrogen-bond acceptors (Lipinski definition) is 4. The molecule has 3 aromatic rings. The van der Waals surface area contributed by atoms with E-state index in [4.69, 9.17) is 4.74 Å². The number of amides is 2. The van der Waals surface area contributed by atoms with Gasteiger partial charge in [0.05, 0.1) is 12.2 Å². The van der Waals surface area contributed by atoms with Crippen molar-refractivity contribution in [2.75, 3.05) is 39.3 Å². The highest BCUT2D eigenvalue weighted by Gasteiger charge is 2.28. The van der Waals surface area contributed by atoms with Crippen LogP contribution >= 0.6 is 0 Å². The Labute approximate surface area is 244 Å². The van der Waals surface area contributed by atoms with Crippen LogP contribution in [-0.4, -0.2) is 71.6 Å². The maximum atomic E-state index is 13.4. The molecule has 0 radical (unpaired) electrons. The third kappa shape index (κ3) is 6.15. The zero-order valence-electron chi connectivity index (χ0n) is 25.2. The molecule has 1 N–H and O–H groups in total. The normalized spacial score (nSPS) is 16.8. The van der Waals surface area contributed by atoms with Gasteiger partial charge < -0.3 is 24.4 Å². The van der Waals surface area contributed by atoms with Gasteiger partial charge in [0.25, 0.3) is 5.91 Å². The summed E-state index contributed by atoms with van der Waals surface area (Å²) in [5, 5.41) is 4.19. The molecule has 2 aromatic carbocycles. The van der Waals surface area contributed by atoms with Gasteiger partial charge in [0.2, 0.25) is 5.91 Å². The second-order valence-corrected chi connectivity index (χ2v) is 11.7. The molecule has 2 aliphatic rings. The maximum Gasteiger partial charge on any atom is 0.251 e. The van der Waals surface area contributed by atoms with Gasteiger partial charge in [-0.3, -0.25) is 9.59 Å². The highest BCUT2D eigenvalue weighted by Crippen LogP contribution is 2.44. The van der Waals surface area contributed by atoms with Crippen molar-refractivity contribution in [3.8, 4) is 17.0 Å². The number of unbranched alkanes of at least 4 members (excludes halogenated alkanes) is 3. The van der Waals surface area contributed by atoms with Gasteiger partial charge in [-0.15, -0.1) is 0 Å². The SMILES string of the molecule is CCCCCCC(C)c1c2n(c3cc(C(=O)NC(C)C(=O)N4CCN(CC)CC4)ccc13)CCOc1ccccc1-2. The van der Waals surface area contributed by atoms with Gasteiger partial charge in [-0.05, 0) is 55.6 Å². The minimum Gasteiger partial charge on any atom is -0.491 e. The number of ether oxygens (including phenoxy) is 1. The molecule has 1 saturated heterocycles. The molecule has 1 aromatic heterocycles. The van der Waals surface area contributed by atoms with Crippen LogP contribution in [0.15, 0.2) is 42.5 Å². The Hall–Kier alpha value is -3.32. The first kappa shape index (κ1) is 29.2. The topological polar surface area (TPSA) is 66.8 Å². The van der Waals surface area contributed by atoms with Crippen LogP contribution in [0.25, 0.3) is 22.2 Å². The summed E-state index contributed by atoms with van der Waals surface area (Å²) in [5.41, 5.74) is 5.30. The molecule has 7 heteroatoms. The Kier molecular flexibility index (Phi) is 9.33. The predicted molar refractivity (Wildman–Crippen MR) is 166 cm³/mol. The molecule has 0 spiro atoms. The lowest BCUT2D eigenvalue weighted by Gasteiger charge is -2.35. The second-order valence-electron chi connectivity index (χ2n) is 11.7. The molecule has 0 bridgehead atoms. The van der Waals surface area contributed by atoms with Gasteiger partial charge in [-0.2, -0.15) is 0 Å². The quantitative estimate of drug-likeness (QED) is 0.307. The molecule has 2 amide bonds. The van der Waals surface area contributed by atoms with Crippen molar-refractivity contribution < 1.29 is 14.3 Å².